The highest BCUT2D eigenvalue weighted by atomic mass is 16.5. The van der Waals surface area contributed by atoms with Crippen LogP contribution in [0.5, 0.6) is 5.75 Å². The summed E-state index contributed by atoms with van der Waals surface area (Å²) in [6, 6.07) is 11.1. The summed E-state index contributed by atoms with van der Waals surface area (Å²) in [4.78, 5) is 29.9. The number of hydrogen-bond donors (Lipinski definition) is 1. The van der Waals surface area contributed by atoms with Gasteiger partial charge in [0, 0.05) is 31.4 Å². The first kappa shape index (κ1) is 18.9. The zero-order valence-electron chi connectivity index (χ0n) is 15.6. The predicted octanol–water partition coefficient (Wildman–Crippen LogP) is 3.34. The van der Waals surface area contributed by atoms with Gasteiger partial charge in [0.15, 0.2) is 5.60 Å². The summed E-state index contributed by atoms with van der Waals surface area (Å²) in [5, 5.41) is 9.25. The molecular weight excluding hydrogens is 344 g/mol. The van der Waals surface area contributed by atoms with E-state index in [0.717, 1.165) is 24.9 Å². The molecule has 6 heteroatoms. The van der Waals surface area contributed by atoms with Gasteiger partial charge in [-0.15, -0.1) is 0 Å². The molecule has 1 unspecified atom stereocenters. The second-order valence-electron chi connectivity index (χ2n) is 7.32. The second kappa shape index (κ2) is 7.78. The summed E-state index contributed by atoms with van der Waals surface area (Å²) in [5.74, 6) is -0.308. The van der Waals surface area contributed by atoms with E-state index in [0.29, 0.717) is 17.9 Å². The van der Waals surface area contributed by atoms with Crippen LogP contribution < -0.4 is 4.74 Å². The number of nitrogens with zero attached hydrogens (tertiary/aromatic N) is 2. The third-order valence-electron chi connectivity index (χ3n) is 4.83. The fourth-order valence-electron chi connectivity index (χ4n) is 3.28. The van der Waals surface area contributed by atoms with Crippen molar-refractivity contribution in [1.82, 2.24) is 9.88 Å². The maximum absolute atomic E-state index is 12.7. The van der Waals surface area contributed by atoms with Crippen molar-refractivity contribution >= 4 is 11.9 Å². The minimum Gasteiger partial charge on any atom is -0.478 e. The molecule has 1 amide bonds. The lowest BCUT2D eigenvalue weighted by molar-refractivity contribution is -0.152. The van der Waals surface area contributed by atoms with Crippen molar-refractivity contribution in [3.05, 3.63) is 59.9 Å². The number of likely N-dealkylation sites (tertiary alicyclic amines) is 1. The Morgan fingerprint density at radius 3 is 2.78 bits per heavy atom. The van der Waals surface area contributed by atoms with Crippen LogP contribution in [0, 0.1) is 0 Å². The minimum absolute atomic E-state index is 0.00721. The molecule has 1 saturated heterocycles. The van der Waals surface area contributed by atoms with Crippen molar-refractivity contribution in [2.45, 2.75) is 38.2 Å². The van der Waals surface area contributed by atoms with E-state index in [1.165, 1.54) is 13.8 Å². The summed E-state index contributed by atoms with van der Waals surface area (Å²) >= 11 is 0. The molecule has 0 saturated carbocycles. The van der Waals surface area contributed by atoms with Crippen molar-refractivity contribution in [2.75, 3.05) is 13.1 Å². The van der Waals surface area contributed by atoms with Crippen LogP contribution in [0.2, 0.25) is 0 Å². The van der Waals surface area contributed by atoms with Crippen molar-refractivity contribution in [3.8, 4) is 5.75 Å². The second-order valence-corrected chi connectivity index (χ2v) is 7.32. The third-order valence-corrected chi connectivity index (χ3v) is 4.83. The Morgan fingerprint density at radius 1 is 1.26 bits per heavy atom. The van der Waals surface area contributed by atoms with Crippen molar-refractivity contribution in [1.29, 1.82) is 0 Å². The molecule has 2 heterocycles. The summed E-state index contributed by atoms with van der Waals surface area (Å²) in [7, 11) is 0. The lowest BCUT2D eigenvalue weighted by Gasteiger charge is -2.33. The lowest BCUT2D eigenvalue weighted by atomic mass is 9.90. The number of carbonyl (C=O) groups excluding carboxylic acids is 1. The molecule has 3 rings (SSSR count). The topological polar surface area (TPSA) is 79.7 Å². The molecule has 1 aliphatic heterocycles. The molecule has 1 atom stereocenters. The van der Waals surface area contributed by atoms with Gasteiger partial charge in [-0.3, -0.25) is 9.78 Å². The number of pyridine rings is 1. The van der Waals surface area contributed by atoms with Gasteiger partial charge in [-0.1, -0.05) is 12.1 Å². The van der Waals surface area contributed by atoms with Crippen LogP contribution in [0.1, 0.15) is 48.5 Å². The normalized spacial score (nSPS) is 17.4. The number of aromatic nitrogens is 1. The Bertz CT molecular complexity index is 820. The molecule has 6 nitrogen and oxygen atoms in total. The van der Waals surface area contributed by atoms with Crippen LogP contribution in [0.3, 0.4) is 0 Å². The molecule has 1 aliphatic rings. The molecule has 0 radical (unpaired) electrons. The number of aliphatic carboxylic acids is 1. The molecule has 0 spiro atoms. The maximum Gasteiger partial charge on any atom is 0.347 e. The molecule has 2 aromatic rings. The highest BCUT2D eigenvalue weighted by Gasteiger charge is 2.30. The average molecular weight is 368 g/mol. The largest absolute Gasteiger partial charge is 0.478 e. The standard InChI is InChI=1S/C21H24N2O4/c1-21(2,20(25)26)27-18-9-3-6-15(12-18)17-8-5-11-23(14-17)19(24)16-7-4-10-22-13-16/h3-4,6-7,9-10,12-13,17H,5,8,11,14H2,1-2H3,(H,25,26). The highest BCUT2D eigenvalue weighted by Crippen LogP contribution is 2.30. The number of rotatable bonds is 5. The maximum atomic E-state index is 12.7. The number of ether oxygens (including phenoxy) is 1. The molecule has 142 valence electrons. The van der Waals surface area contributed by atoms with E-state index < -0.39 is 11.6 Å². The molecular formula is C21H24N2O4. The summed E-state index contributed by atoms with van der Waals surface area (Å²) in [6.07, 6.45) is 5.14. The van der Waals surface area contributed by atoms with E-state index >= 15 is 0 Å². The molecule has 1 aromatic carbocycles. The Balaban J connectivity index is 1.74. The molecule has 0 bridgehead atoms. The Kier molecular flexibility index (Phi) is 5.44. The smallest absolute Gasteiger partial charge is 0.347 e. The van der Waals surface area contributed by atoms with Crippen LogP contribution in [0.15, 0.2) is 48.8 Å². The summed E-state index contributed by atoms with van der Waals surface area (Å²) in [6.45, 7) is 4.40. The van der Waals surface area contributed by atoms with Crippen molar-refractivity contribution < 1.29 is 19.4 Å². The molecule has 1 fully saturated rings. The van der Waals surface area contributed by atoms with Gasteiger partial charge in [0.05, 0.1) is 5.56 Å². The monoisotopic (exact) mass is 368 g/mol. The number of piperidine rings is 1. The van der Waals surface area contributed by atoms with Crippen LogP contribution in [-0.4, -0.2) is 45.6 Å². The lowest BCUT2D eigenvalue weighted by Crippen LogP contribution is -2.39. The number of hydrogen-bond acceptors (Lipinski definition) is 4. The number of amides is 1. The number of benzene rings is 1. The first-order valence-corrected chi connectivity index (χ1v) is 9.08. The predicted molar refractivity (Wildman–Crippen MR) is 101 cm³/mol. The Morgan fingerprint density at radius 2 is 2.07 bits per heavy atom. The van der Waals surface area contributed by atoms with Gasteiger partial charge in [-0.05, 0) is 56.5 Å². The fourth-order valence-corrected chi connectivity index (χ4v) is 3.28. The van der Waals surface area contributed by atoms with E-state index in [1.54, 1.807) is 30.6 Å². The van der Waals surface area contributed by atoms with E-state index in [9.17, 15) is 14.7 Å². The fraction of sp³-hybridized carbons (Fsp3) is 0.381. The van der Waals surface area contributed by atoms with E-state index in [2.05, 4.69) is 4.98 Å². The van der Waals surface area contributed by atoms with Crippen LogP contribution in [0.4, 0.5) is 0 Å². The molecule has 1 N–H and O–H groups in total. The van der Waals surface area contributed by atoms with Crippen LogP contribution in [-0.2, 0) is 4.79 Å². The quantitative estimate of drug-likeness (QED) is 0.875. The van der Waals surface area contributed by atoms with Crippen LogP contribution >= 0.6 is 0 Å². The zero-order chi connectivity index (χ0) is 19.4. The van der Waals surface area contributed by atoms with Crippen LogP contribution in [0.25, 0.3) is 0 Å². The van der Waals surface area contributed by atoms with Gasteiger partial charge in [-0.2, -0.15) is 0 Å². The number of carboxylic acid groups (broad SMARTS) is 1. The zero-order valence-corrected chi connectivity index (χ0v) is 15.6. The first-order chi connectivity index (χ1) is 12.9. The van der Waals surface area contributed by atoms with Gasteiger partial charge in [0.2, 0.25) is 0 Å². The molecule has 27 heavy (non-hydrogen) atoms. The van der Waals surface area contributed by atoms with Gasteiger partial charge in [-0.25, -0.2) is 4.79 Å². The van der Waals surface area contributed by atoms with E-state index in [1.807, 2.05) is 23.1 Å². The van der Waals surface area contributed by atoms with Gasteiger partial charge in [0.25, 0.3) is 5.91 Å². The average Bonchev–Trinajstić information content (AvgIpc) is 2.68. The summed E-state index contributed by atoms with van der Waals surface area (Å²) in [5.41, 5.74) is 0.351. The SMILES string of the molecule is CC(C)(Oc1cccc(C2CCCN(C(=O)c3cccnc3)C2)c1)C(=O)O. The summed E-state index contributed by atoms with van der Waals surface area (Å²) < 4.78 is 5.65. The minimum atomic E-state index is -1.30. The number of carbonyl (C=O) groups is 2. The van der Waals surface area contributed by atoms with E-state index in [-0.39, 0.29) is 11.8 Å². The molecule has 1 aromatic heterocycles. The van der Waals surface area contributed by atoms with Gasteiger partial charge < -0.3 is 14.7 Å². The van der Waals surface area contributed by atoms with Gasteiger partial charge in [0.1, 0.15) is 5.75 Å². The first-order valence-electron chi connectivity index (χ1n) is 9.08. The Labute approximate surface area is 158 Å². The van der Waals surface area contributed by atoms with Crippen molar-refractivity contribution in [3.63, 3.8) is 0 Å². The van der Waals surface area contributed by atoms with E-state index in [4.69, 9.17) is 4.74 Å². The van der Waals surface area contributed by atoms with Gasteiger partial charge >= 0.3 is 5.97 Å². The highest BCUT2D eigenvalue weighted by molar-refractivity contribution is 5.94. The number of carboxylic acids is 1. The molecule has 0 aliphatic carbocycles. The van der Waals surface area contributed by atoms with Crippen molar-refractivity contribution in [2.24, 2.45) is 0 Å². The Hall–Kier alpha value is -2.89. The third kappa shape index (κ3) is 4.45.